The quantitative estimate of drug-likeness (QED) is 0.715. The van der Waals surface area contributed by atoms with Gasteiger partial charge in [0.05, 0.1) is 10.9 Å². The zero-order chi connectivity index (χ0) is 19.7. The Kier molecular flexibility index (Phi) is 5.25. The van der Waals surface area contributed by atoms with Crippen molar-refractivity contribution in [2.24, 2.45) is 0 Å². The molecule has 0 spiro atoms. The molecule has 0 radical (unpaired) electrons. The highest BCUT2D eigenvalue weighted by atomic mass is 32.2. The van der Waals surface area contributed by atoms with Crippen LogP contribution in [0, 0.1) is 0 Å². The fourth-order valence-corrected chi connectivity index (χ4v) is 4.39. The van der Waals surface area contributed by atoms with Crippen molar-refractivity contribution >= 4 is 41.1 Å². The Bertz CT molecular complexity index is 818. The zero-order valence-corrected chi connectivity index (χ0v) is 16.2. The number of fused-ring (bicyclic) bond motifs is 1. The van der Waals surface area contributed by atoms with Crippen molar-refractivity contribution in [2.75, 3.05) is 31.5 Å². The number of carbonyl (C=O) groups excluding carboxylic acids is 4. The van der Waals surface area contributed by atoms with Gasteiger partial charge in [0.15, 0.2) is 0 Å². The molecule has 1 unspecified atom stereocenters. The number of carbonyl (C=O) groups is 4. The van der Waals surface area contributed by atoms with Gasteiger partial charge in [-0.25, -0.2) is 0 Å². The predicted octanol–water partition coefficient (Wildman–Crippen LogP) is 0.439. The molecular formula is C19H22N4O4S. The van der Waals surface area contributed by atoms with Crippen LogP contribution in [0.25, 0.3) is 0 Å². The fraction of sp³-hybridized carbons (Fsp3) is 0.474. The first-order chi connectivity index (χ1) is 13.5. The van der Waals surface area contributed by atoms with E-state index in [2.05, 4.69) is 10.6 Å². The van der Waals surface area contributed by atoms with Gasteiger partial charge < -0.3 is 20.4 Å². The van der Waals surface area contributed by atoms with Gasteiger partial charge in [0.25, 0.3) is 0 Å². The minimum atomic E-state index is -0.559. The molecule has 2 N–H and O–H groups in total. The van der Waals surface area contributed by atoms with Crippen LogP contribution < -0.4 is 10.6 Å². The molecule has 1 saturated carbocycles. The molecule has 1 saturated heterocycles. The molecule has 1 aromatic carbocycles. The molecule has 3 aliphatic rings. The summed E-state index contributed by atoms with van der Waals surface area (Å²) in [7, 11) is 0. The zero-order valence-electron chi connectivity index (χ0n) is 15.3. The molecule has 9 heteroatoms. The second kappa shape index (κ2) is 7.83. The maximum Gasteiger partial charge on any atom is 0.312 e. The van der Waals surface area contributed by atoms with Gasteiger partial charge in [0.1, 0.15) is 0 Å². The van der Waals surface area contributed by atoms with Crippen LogP contribution in [-0.4, -0.2) is 70.9 Å². The van der Waals surface area contributed by atoms with Crippen molar-refractivity contribution < 1.29 is 19.2 Å². The lowest BCUT2D eigenvalue weighted by Crippen LogP contribution is -2.54. The third kappa shape index (κ3) is 4.14. The van der Waals surface area contributed by atoms with Gasteiger partial charge >= 0.3 is 11.8 Å². The summed E-state index contributed by atoms with van der Waals surface area (Å²) in [4.78, 5) is 53.1. The Morgan fingerprint density at radius 3 is 2.46 bits per heavy atom. The van der Waals surface area contributed by atoms with E-state index in [9.17, 15) is 19.2 Å². The van der Waals surface area contributed by atoms with Crippen molar-refractivity contribution in [3.05, 3.63) is 24.3 Å². The average molecular weight is 402 g/mol. The number of rotatable bonds is 3. The van der Waals surface area contributed by atoms with Crippen LogP contribution in [0.3, 0.4) is 0 Å². The molecule has 1 aliphatic carbocycles. The van der Waals surface area contributed by atoms with Crippen molar-refractivity contribution in [3.8, 4) is 0 Å². The van der Waals surface area contributed by atoms with Gasteiger partial charge in [-0.05, 0) is 25.0 Å². The molecule has 1 atom stereocenters. The largest absolute Gasteiger partial charge is 0.345 e. The predicted molar refractivity (Wildman–Crippen MR) is 104 cm³/mol. The van der Waals surface area contributed by atoms with Crippen LogP contribution >= 0.6 is 11.8 Å². The smallest absolute Gasteiger partial charge is 0.312 e. The molecule has 1 aromatic rings. The minimum absolute atomic E-state index is 0.110. The van der Waals surface area contributed by atoms with Crippen molar-refractivity contribution in [1.82, 2.24) is 15.1 Å². The van der Waals surface area contributed by atoms with Crippen molar-refractivity contribution in [3.63, 3.8) is 0 Å². The van der Waals surface area contributed by atoms with Crippen LogP contribution in [-0.2, 0) is 19.2 Å². The van der Waals surface area contributed by atoms with E-state index in [-0.39, 0.29) is 24.3 Å². The first-order valence-electron chi connectivity index (χ1n) is 9.45. The number of thioether (sulfide) groups is 1. The van der Waals surface area contributed by atoms with Crippen LogP contribution in [0.1, 0.15) is 19.3 Å². The van der Waals surface area contributed by atoms with Gasteiger partial charge in [-0.15, -0.1) is 11.8 Å². The Morgan fingerprint density at radius 1 is 1.07 bits per heavy atom. The molecule has 2 aliphatic heterocycles. The van der Waals surface area contributed by atoms with Crippen LogP contribution in [0.4, 0.5) is 5.69 Å². The van der Waals surface area contributed by atoms with Gasteiger partial charge in [0, 0.05) is 43.5 Å². The summed E-state index contributed by atoms with van der Waals surface area (Å²) in [6, 6.07) is 7.67. The molecule has 2 heterocycles. The molecule has 4 amide bonds. The van der Waals surface area contributed by atoms with E-state index in [1.165, 1.54) is 16.7 Å². The second-order valence-electron chi connectivity index (χ2n) is 7.22. The molecule has 0 bridgehead atoms. The van der Waals surface area contributed by atoms with Gasteiger partial charge in [-0.2, -0.15) is 0 Å². The molecule has 148 valence electrons. The summed E-state index contributed by atoms with van der Waals surface area (Å²) < 4.78 is 0. The van der Waals surface area contributed by atoms with Crippen molar-refractivity contribution in [1.29, 1.82) is 0 Å². The number of benzene rings is 1. The first kappa shape index (κ1) is 18.8. The summed E-state index contributed by atoms with van der Waals surface area (Å²) in [6.07, 6.45) is 1.97. The number of amides is 4. The number of piperazine rings is 1. The maximum absolute atomic E-state index is 12.6. The SMILES string of the molecule is O=C(NC1CC1)C(=O)N1CCN(C(=O)CC2Sc3ccccc3NC2=O)CC1. The first-order valence-corrected chi connectivity index (χ1v) is 10.3. The van der Waals surface area contributed by atoms with Crippen LogP contribution in [0.2, 0.25) is 0 Å². The Balaban J connectivity index is 1.28. The van der Waals surface area contributed by atoms with Gasteiger partial charge in [-0.3, -0.25) is 19.2 Å². The highest BCUT2D eigenvalue weighted by molar-refractivity contribution is 8.01. The number of para-hydroxylation sites is 1. The molecular weight excluding hydrogens is 380 g/mol. The Hall–Kier alpha value is -2.55. The van der Waals surface area contributed by atoms with E-state index >= 15 is 0 Å². The van der Waals surface area contributed by atoms with Gasteiger partial charge in [0.2, 0.25) is 11.8 Å². The van der Waals surface area contributed by atoms with Crippen LogP contribution in [0.15, 0.2) is 29.2 Å². The highest BCUT2D eigenvalue weighted by Crippen LogP contribution is 2.36. The normalized spacial score (nSPS) is 21.6. The number of hydrogen-bond donors (Lipinski definition) is 2. The highest BCUT2D eigenvalue weighted by Gasteiger charge is 2.34. The topological polar surface area (TPSA) is 98.8 Å². The molecule has 2 fully saturated rings. The Morgan fingerprint density at radius 2 is 1.75 bits per heavy atom. The van der Waals surface area contributed by atoms with Gasteiger partial charge in [-0.1, -0.05) is 12.1 Å². The molecule has 4 rings (SSSR count). The van der Waals surface area contributed by atoms with E-state index < -0.39 is 17.1 Å². The summed E-state index contributed by atoms with van der Waals surface area (Å²) in [5, 5.41) is 5.07. The van der Waals surface area contributed by atoms with E-state index in [1.54, 1.807) is 4.90 Å². The van der Waals surface area contributed by atoms with E-state index in [0.29, 0.717) is 26.2 Å². The maximum atomic E-state index is 12.6. The third-order valence-corrected chi connectivity index (χ3v) is 6.37. The van der Waals surface area contributed by atoms with E-state index in [0.717, 1.165) is 23.4 Å². The van der Waals surface area contributed by atoms with Crippen LogP contribution in [0.5, 0.6) is 0 Å². The summed E-state index contributed by atoms with van der Waals surface area (Å²) in [6.45, 7) is 1.40. The number of nitrogens with zero attached hydrogens (tertiary/aromatic N) is 2. The number of nitrogens with one attached hydrogen (secondary N) is 2. The number of hydrogen-bond acceptors (Lipinski definition) is 5. The number of anilines is 1. The second-order valence-corrected chi connectivity index (χ2v) is 8.46. The average Bonchev–Trinajstić information content (AvgIpc) is 3.52. The van der Waals surface area contributed by atoms with E-state index in [1.807, 2.05) is 24.3 Å². The fourth-order valence-electron chi connectivity index (χ4n) is 3.29. The monoisotopic (exact) mass is 402 g/mol. The minimum Gasteiger partial charge on any atom is -0.345 e. The lowest BCUT2D eigenvalue weighted by atomic mass is 10.2. The molecule has 8 nitrogen and oxygen atoms in total. The molecule has 0 aromatic heterocycles. The summed E-state index contributed by atoms with van der Waals surface area (Å²) in [5.41, 5.74) is 0.776. The lowest BCUT2D eigenvalue weighted by molar-refractivity contribution is -0.148. The lowest BCUT2D eigenvalue weighted by Gasteiger charge is -2.35. The standard InChI is InChI=1S/C19H22N4O4S/c24-16(11-15-17(25)21-13-3-1-2-4-14(13)28-15)22-7-9-23(10-8-22)19(27)18(26)20-12-5-6-12/h1-4,12,15H,5-11H2,(H,20,26)(H,21,25). The third-order valence-electron chi connectivity index (χ3n) is 5.09. The molecule has 28 heavy (non-hydrogen) atoms. The van der Waals surface area contributed by atoms with Crippen molar-refractivity contribution in [2.45, 2.75) is 35.4 Å². The van der Waals surface area contributed by atoms with E-state index in [4.69, 9.17) is 0 Å². The summed E-state index contributed by atoms with van der Waals surface area (Å²) in [5.74, 6) is -1.36. The Labute approximate surface area is 167 Å². The summed E-state index contributed by atoms with van der Waals surface area (Å²) >= 11 is 1.40.